The highest BCUT2D eigenvalue weighted by Crippen LogP contribution is 2.37. The summed E-state index contributed by atoms with van der Waals surface area (Å²) in [5, 5.41) is 4.74. The zero-order chi connectivity index (χ0) is 19.6. The third-order valence-electron chi connectivity index (χ3n) is 6.68. The molecule has 2 rings (SSSR count). The van der Waals surface area contributed by atoms with Crippen molar-refractivity contribution < 1.29 is 4.74 Å². The zero-order valence-electron chi connectivity index (χ0n) is 18.7. The molecule has 0 aromatic rings. The topological polar surface area (TPSA) is 33.6 Å². The molecule has 2 aliphatic rings. The molecule has 1 aliphatic heterocycles. The van der Waals surface area contributed by atoms with Crippen molar-refractivity contribution in [3.05, 3.63) is 11.3 Å². The Morgan fingerprint density at radius 2 is 1.89 bits per heavy atom. The van der Waals surface area contributed by atoms with Crippen LogP contribution in [0.3, 0.4) is 0 Å². The number of nitrogens with zero attached hydrogens (tertiary/aromatic N) is 1. The Labute approximate surface area is 168 Å². The second-order valence-corrected chi connectivity index (χ2v) is 8.76. The summed E-state index contributed by atoms with van der Waals surface area (Å²) in [5.41, 5.74) is 7.91. The number of ether oxygens (including phenoxy) is 1. The smallest absolute Gasteiger partial charge is 0.0581 e. The molecule has 0 bridgehead atoms. The highest BCUT2D eigenvalue weighted by Gasteiger charge is 2.30. The van der Waals surface area contributed by atoms with Crippen molar-refractivity contribution in [3.8, 4) is 0 Å². The highest BCUT2D eigenvalue weighted by molar-refractivity contribution is 5.87. The third kappa shape index (κ3) is 6.62. The lowest BCUT2D eigenvalue weighted by Crippen LogP contribution is -2.32. The molecule has 1 saturated carbocycles. The molecular weight excluding hydrogens is 332 g/mol. The minimum atomic E-state index is 0.383. The van der Waals surface area contributed by atoms with Crippen LogP contribution in [0.2, 0.25) is 0 Å². The van der Waals surface area contributed by atoms with E-state index in [2.05, 4.69) is 40.0 Å². The molecule has 1 heterocycles. The van der Waals surface area contributed by atoms with Crippen molar-refractivity contribution in [2.45, 2.75) is 124 Å². The van der Waals surface area contributed by atoms with Gasteiger partial charge in [-0.05, 0) is 70.8 Å². The molecule has 3 heteroatoms. The van der Waals surface area contributed by atoms with Gasteiger partial charge in [0.25, 0.3) is 0 Å². The van der Waals surface area contributed by atoms with E-state index in [0.29, 0.717) is 24.0 Å². The van der Waals surface area contributed by atoms with Gasteiger partial charge in [-0.2, -0.15) is 5.10 Å². The summed E-state index contributed by atoms with van der Waals surface area (Å²) in [6.07, 6.45) is 15.9. The van der Waals surface area contributed by atoms with Gasteiger partial charge in [-0.15, -0.1) is 0 Å². The summed E-state index contributed by atoms with van der Waals surface area (Å²) in [4.78, 5) is 0. The number of hydrazone groups is 1. The number of allylic oxidation sites excluding steroid dienone is 2. The number of nitrogens with one attached hydrogen (secondary N) is 1. The van der Waals surface area contributed by atoms with Crippen LogP contribution in [0.15, 0.2) is 16.4 Å². The lowest BCUT2D eigenvalue weighted by Gasteiger charge is -2.35. The first-order valence-corrected chi connectivity index (χ1v) is 11.8. The molecule has 0 spiro atoms. The number of rotatable bonds is 10. The van der Waals surface area contributed by atoms with Crippen molar-refractivity contribution in [2.24, 2.45) is 16.9 Å². The molecule has 0 amide bonds. The van der Waals surface area contributed by atoms with E-state index in [1.54, 1.807) is 5.57 Å². The highest BCUT2D eigenvalue weighted by atomic mass is 16.5. The van der Waals surface area contributed by atoms with Gasteiger partial charge in [-0.25, -0.2) is 0 Å². The summed E-state index contributed by atoms with van der Waals surface area (Å²) in [6, 6.07) is 0. The van der Waals surface area contributed by atoms with Gasteiger partial charge in [0.05, 0.1) is 12.2 Å². The van der Waals surface area contributed by atoms with Crippen LogP contribution in [0.5, 0.6) is 0 Å². The van der Waals surface area contributed by atoms with Gasteiger partial charge in [0, 0.05) is 23.2 Å². The molecule has 1 fully saturated rings. The number of hydrogen-bond donors (Lipinski definition) is 1. The first-order chi connectivity index (χ1) is 13.1. The van der Waals surface area contributed by atoms with E-state index in [-0.39, 0.29) is 0 Å². The van der Waals surface area contributed by atoms with Crippen LogP contribution in [0.4, 0.5) is 0 Å². The lowest BCUT2D eigenvalue weighted by molar-refractivity contribution is -0.0152. The summed E-state index contributed by atoms with van der Waals surface area (Å²) < 4.78 is 6.32. The van der Waals surface area contributed by atoms with E-state index in [0.717, 1.165) is 6.42 Å². The predicted octanol–water partition coefficient (Wildman–Crippen LogP) is 6.98. The Bertz CT molecular complexity index is 497. The van der Waals surface area contributed by atoms with Crippen LogP contribution in [0.25, 0.3) is 0 Å². The average molecular weight is 377 g/mol. The summed E-state index contributed by atoms with van der Waals surface area (Å²) in [5.74, 6) is 1.21. The number of hydrogen-bond acceptors (Lipinski definition) is 3. The molecule has 1 N–H and O–H groups in total. The number of fused-ring (bicyclic) bond motifs is 1. The van der Waals surface area contributed by atoms with E-state index >= 15 is 0 Å². The fourth-order valence-electron chi connectivity index (χ4n) is 4.72. The van der Waals surface area contributed by atoms with Crippen LogP contribution >= 0.6 is 0 Å². The van der Waals surface area contributed by atoms with Gasteiger partial charge in [-0.3, -0.25) is 5.43 Å². The second-order valence-electron chi connectivity index (χ2n) is 8.76. The molecule has 0 radical (unpaired) electrons. The molecule has 3 nitrogen and oxygen atoms in total. The van der Waals surface area contributed by atoms with Gasteiger partial charge in [0.15, 0.2) is 0 Å². The SMILES string of the molecule is CCCCCCC(CC)C1=C2CCC(OC(C)CC)CCCC2C(C)=NN1. The van der Waals surface area contributed by atoms with Crippen LogP contribution in [0, 0.1) is 11.8 Å². The molecule has 156 valence electrons. The maximum atomic E-state index is 6.32. The van der Waals surface area contributed by atoms with Gasteiger partial charge in [0.2, 0.25) is 0 Å². The minimum Gasteiger partial charge on any atom is -0.375 e. The van der Waals surface area contributed by atoms with Gasteiger partial charge in [-0.1, -0.05) is 46.5 Å². The predicted molar refractivity (Wildman–Crippen MR) is 117 cm³/mol. The zero-order valence-corrected chi connectivity index (χ0v) is 18.7. The molecule has 0 aromatic carbocycles. The Morgan fingerprint density at radius 1 is 1.07 bits per heavy atom. The maximum Gasteiger partial charge on any atom is 0.0581 e. The number of unbranched alkanes of at least 4 members (excludes halogenated alkanes) is 3. The van der Waals surface area contributed by atoms with E-state index in [1.807, 2.05) is 0 Å². The lowest BCUT2D eigenvalue weighted by atomic mass is 9.78. The van der Waals surface area contributed by atoms with Crippen LogP contribution in [-0.2, 0) is 4.74 Å². The Hall–Kier alpha value is -0.830. The first kappa shape index (κ1) is 22.5. The van der Waals surface area contributed by atoms with Gasteiger partial charge in [0.1, 0.15) is 0 Å². The normalized spacial score (nSPS) is 25.7. The second kappa shape index (κ2) is 11.9. The van der Waals surface area contributed by atoms with Crippen molar-refractivity contribution in [1.29, 1.82) is 0 Å². The minimum absolute atomic E-state index is 0.383. The fraction of sp³-hybridized carbons (Fsp3) is 0.875. The van der Waals surface area contributed by atoms with Crippen LogP contribution in [0.1, 0.15) is 112 Å². The molecule has 4 unspecified atom stereocenters. The largest absolute Gasteiger partial charge is 0.375 e. The van der Waals surface area contributed by atoms with E-state index in [4.69, 9.17) is 9.84 Å². The summed E-state index contributed by atoms with van der Waals surface area (Å²) in [6.45, 7) is 11.3. The quantitative estimate of drug-likeness (QED) is 0.417. The standard InChI is InChI=1S/C24H44N2O/c1-6-9-10-11-13-20(8-3)24-23-17-16-21(27-18(4)7-2)14-12-15-22(23)19(5)25-26-24/h18,20-22,26H,6-17H2,1-5H3. The average Bonchev–Trinajstić information content (AvgIpc) is 2.65. The fourth-order valence-corrected chi connectivity index (χ4v) is 4.72. The van der Waals surface area contributed by atoms with E-state index in [1.165, 1.54) is 82.0 Å². The van der Waals surface area contributed by atoms with E-state index in [9.17, 15) is 0 Å². The van der Waals surface area contributed by atoms with Crippen molar-refractivity contribution >= 4 is 5.71 Å². The maximum absolute atomic E-state index is 6.32. The third-order valence-corrected chi connectivity index (χ3v) is 6.68. The monoisotopic (exact) mass is 376 g/mol. The van der Waals surface area contributed by atoms with E-state index < -0.39 is 0 Å². The summed E-state index contributed by atoms with van der Waals surface area (Å²) in [7, 11) is 0. The Kier molecular flexibility index (Phi) is 9.89. The van der Waals surface area contributed by atoms with Crippen molar-refractivity contribution in [3.63, 3.8) is 0 Å². The van der Waals surface area contributed by atoms with Crippen molar-refractivity contribution in [1.82, 2.24) is 5.43 Å². The molecule has 0 aromatic heterocycles. The van der Waals surface area contributed by atoms with Crippen molar-refractivity contribution in [2.75, 3.05) is 0 Å². The van der Waals surface area contributed by atoms with Crippen LogP contribution < -0.4 is 5.43 Å². The Morgan fingerprint density at radius 3 is 2.59 bits per heavy atom. The van der Waals surface area contributed by atoms with Gasteiger partial charge >= 0.3 is 0 Å². The molecule has 1 aliphatic carbocycles. The molecule has 0 saturated heterocycles. The van der Waals surface area contributed by atoms with Crippen LogP contribution in [-0.4, -0.2) is 17.9 Å². The molecule has 27 heavy (non-hydrogen) atoms. The Balaban J connectivity index is 2.11. The molecule has 4 atom stereocenters. The summed E-state index contributed by atoms with van der Waals surface area (Å²) >= 11 is 0. The molecular formula is C24H44N2O. The van der Waals surface area contributed by atoms with Gasteiger partial charge < -0.3 is 4.74 Å². The first-order valence-electron chi connectivity index (χ1n) is 11.8.